The predicted octanol–water partition coefficient (Wildman–Crippen LogP) is 2.83. The molecular formula is C19H25N5O4. The maximum absolute atomic E-state index is 11.9. The summed E-state index contributed by atoms with van der Waals surface area (Å²) in [4.78, 5) is 32.1. The zero-order chi connectivity index (χ0) is 20.7. The molecule has 2 rings (SSSR count). The molecule has 0 bridgehead atoms. The average molecular weight is 387 g/mol. The van der Waals surface area contributed by atoms with Gasteiger partial charge in [-0.05, 0) is 30.5 Å². The van der Waals surface area contributed by atoms with Gasteiger partial charge in [0.15, 0.2) is 11.6 Å². The molecule has 0 radical (unpaired) electrons. The number of ether oxygens (including phenoxy) is 2. The van der Waals surface area contributed by atoms with Crippen LogP contribution < -0.4 is 16.4 Å². The van der Waals surface area contributed by atoms with E-state index >= 15 is 0 Å². The Morgan fingerprint density at radius 3 is 2.14 bits per heavy atom. The van der Waals surface area contributed by atoms with Crippen LogP contribution in [0.1, 0.15) is 41.0 Å². The number of nitrogens with one attached hydrogen (secondary N) is 2. The molecule has 150 valence electrons. The quantitative estimate of drug-likeness (QED) is 0.586. The minimum absolute atomic E-state index is 0.191. The highest BCUT2D eigenvalue weighted by atomic mass is 16.5. The molecule has 1 heterocycles. The van der Waals surface area contributed by atoms with Crippen molar-refractivity contribution >= 4 is 34.9 Å². The van der Waals surface area contributed by atoms with Gasteiger partial charge in [-0.2, -0.15) is 0 Å². The van der Waals surface area contributed by atoms with E-state index in [1.165, 1.54) is 38.7 Å². The first-order valence-electron chi connectivity index (χ1n) is 8.78. The minimum Gasteiger partial charge on any atom is -0.465 e. The van der Waals surface area contributed by atoms with Crippen molar-refractivity contribution in [3.05, 3.63) is 35.7 Å². The monoisotopic (exact) mass is 387 g/mol. The maximum Gasteiger partial charge on any atom is 0.337 e. The molecule has 4 N–H and O–H groups in total. The van der Waals surface area contributed by atoms with Crippen molar-refractivity contribution < 1.29 is 19.1 Å². The first kappa shape index (κ1) is 20.9. The van der Waals surface area contributed by atoms with Crippen molar-refractivity contribution in [3.8, 4) is 0 Å². The Kier molecular flexibility index (Phi) is 7.14. The molecule has 0 saturated carbocycles. The van der Waals surface area contributed by atoms with E-state index in [0.717, 1.165) is 13.0 Å². The van der Waals surface area contributed by atoms with Gasteiger partial charge < -0.3 is 25.8 Å². The first-order valence-corrected chi connectivity index (χ1v) is 8.78. The lowest BCUT2D eigenvalue weighted by Gasteiger charge is -2.14. The Labute approximate surface area is 163 Å². The second kappa shape index (κ2) is 9.54. The summed E-state index contributed by atoms with van der Waals surface area (Å²) in [5.74, 6) is 0.238. The van der Waals surface area contributed by atoms with E-state index in [1.807, 2.05) is 0 Å². The Balaban J connectivity index is 2.31. The summed E-state index contributed by atoms with van der Waals surface area (Å²) < 4.78 is 9.47. The SMILES string of the molecule is COC(=O)c1cc(Nc2ncnc(NCCC(C)C)c2N)cc(C(=O)OC)c1. The van der Waals surface area contributed by atoms with E-state index in [2.05, 4.69) is 34.4 Å². The Morgan fingerprint density at radius 2 is 1.61 bits per heavy atom. The van der Waals surface area contributed by atoms with Crippen LogP contribution in [0.2, 0.25) is 0 Å². The largest absolute Gasteiger partial charge is 0.465 e. The number of nitrogen functional groups attached to an aromatic ring is 1. The predicted molar refractivity (Wildman–Crippen MR) is 107 cm³/mol. The van der Waals surface area contributed by atoms with E-state index in [4.69, 9.17) is 15.2 Å². The van der Waals surface area contributed by atoms with E-state index in [1.54, 1.807) is 0 Å². The lowest BCUT2D eigenvalue weighted by atomic mass is 10.1. The van der Waals surface area contributed by atoms with Crippen LogP contribution in [0, 0.1) is 5.92 Å². The van der Waals surface area contributed by atoms with Gasteiger partial charge >= 0.3 is 11.9 Å². The molecule has 0 amide bonds. The molecule has 0 aliphatic rings. The number of carbonyl (C=O) groups excluding carboxylic acids is 2. The molecule has 1 aromatic heterocycles. The smallest absolute Gasteiger partial charge is 0.337 e. The summed E-state index contributed by atoms with van der Waals surface area (Å²) in [6, 6.07) is 4.46. The zero-order valence-electron chi connectivity index (χ0n) is 16.4. The number of carbonyl (C=O) groups is 2. The molecule has 2 aromatic rings. The first-order chi connectivity index (χ1) is 13.3. The normalized spacial score (nSPS) is 10.5. The van der Waals surface area contributed by atoms with Crippen LogP contribution in [-0.2, 0) is 9.47 Å². The fraction of sp³-hybridized carbons (Fsp3) is 0.368. The molecule has 0 atom stereocenters. The van der Waals surface area contributed by atoms with Gasteiger partial charge in [-0.3, -0.25) is 0 Å². The van der Waals surface area contributed by atoms with Crippen LogP contribution in [0.15, 0.2) is 24.5 Å². The average Bonchev–Trinajstić information content (AvgIpc) is 2.68. The van der Waals surface area contributed by atoms with Gasteiger partial charge in [0.1, 0.15) is 12.0 Å². The second-order valence-electron chi connectivity index (χ2n) is 6.50. The highest BCUT2D eigenvalue weighted by Crippen LogP contribution is 2.27. The van der Waals surface area contributed by atoms with Gasteiger partial charge in [-0.25, -0.2) is 19.6 Å². The standard InChI is InChI=1S/C19H25N5O4/c1-11(2)5-6-21-16-15(20)17(23-10-22-16)24-14-8-12(18(25)27-3)7-13(9-14)19(26)28-4/h7-11H,5-6,20H2,1-4H3,(H2,21,22,23,24). The highest BCUT2D eigenvalue weighted by Gasteiger charge is 2.15. The summed E-state index contributed by atoms with van der Waals surface area (Å²) in [7, 11) is 2.52. The number of nitrogens with two attached hydrogens (primary N) is 1. The molecule has 1 aromatic carbocycles. The summed E-state index contributed by atoms with van der Waals surface area (Å²) in [5, 5.41) is 6.20. The molecule has 0 fully saturated rings. The Bertz CT molecular complexity index is 820. The molecule has 0 spiro atoms. The Hall–Kier alpha value is -3.36. The van der Waals surface area contributed by atoms with Crippen molar-refractivity contribution in [2.24, 2.45) is 5.92 Å². The number of hydrogen-bond donors (Lipinski definition) is 3. The number of anilines is 4. The number of methoxy groups -OCH3 is 2. The number of benzene rings is 1. The van der Waals surface area contributed by atoms with Gasteiger partial charge in [-0.15, -0.1) is 0 Å². The van der Waals surface area contributed by atoms with E-state index in [0.29, 0.717) is 28.9 Å². The third-order valence-electron chi connectivity index (χ3n) is 3.94. The third kappa shape index (κ3) is 5.32. The van der Waals surface area contributed by atoms with Crippen molar-refractivity contribution in [2.45, 2.75) is 20.3 Å². The lowest BCUT2D eigenvalue weighted by molar-refractivity contribution is 0.0599. The highest BCUT2D eigenvalue weighted by molar-refractivity contribution is 5.97. The summed E-state index contributed by atoms with van der Waals surface area (Å²) in [6.45, 7) is 4.99. The van der Waals surface area contributed by atoms with Crippen LogP contribution in [0.25, 0.3) is 0 Å². The van der Waals surface area contributed by atoms with E-state index < -0.39 is 11.9 Å². The van der Waals surface area contributed by atoms with Gasteiger partial charge in [0.2, 0.25) is 0 Å². The zero-order valence-corrected chi connectivity index (χ0v) is 16.4. The van der Waals surface area contributed by atoms with Gasteiger partial charge in [0, 0.05) is 12.2 Å². The van der Waals surface area contributed by atoms with Gasteiger partial charge in [0.25, 0.3) is 0 Å². The van der Waals surface area contributed by atoms with Crippen LogP contribution in [0.3, 0.4) is 0 Å². The molecule has 9 heteroatoms. The number of nitrogens with zero attached hydrogens (tertiary/aromatic N) is 2. The van der Waals surface area contributed by atoms with Crippen molar-refractivity contribution in [1.82, 2.24) is 9.97 Å². The van der Waals surface area contributed by atoms with E-state index in [-0.39, 0.29) is 11.1 Å². The second-order valence-corrected chi connectivity index (χ2v) is 6.50. The van der Waals surface area contributed by atoms with E-state index in [9.17, 15) is 9.59 Å². The number of hydrogen-bond acceptors (Lipinski definition) is 9. The van der Waals surface area contributed by atoms with Crippen molar-refractivity contribution in [3.63, 3.8) is 0 Å². The third-order valence-corrected chi connectivity index (χ3v) is 3.94. The Morgan fingerprint density at radius 1 is 1.04 bits per heavy atom. The topological polar surface area (TPSA) is 128 Å². The fourth-order valence-electron chi connectivity index (χ4n) is 2.42. The molecule has 28 heavy (non-hydrogen) atoms. The van der Waals surface area contributed by atoms with Crippen molar-refractivity contribution in [1.29, 1.82) is 0 Å². The molecular weight excluding hydrogens is 362 g/mol. The molecule has 9 nitrogen and oxygen atoms in total. The van der Waals surface area contributed by atoms with Gasteiger partial charge in [-0.1, -0.05) is 13.8 Å². The van der Waals surface area contributed by atoms with Crippen LogP contribution in [0.5, 0.6) is 0 Å². The number of rotatable bonds is 8. The van der Waals surface area contributed by atoms with Crippen LogP contribution in [0.4, 0.5) is 23.0 Å². The van der Waals surface area contributed by atoms with Crippen molar-refractivity contribution in [2.75, 3.05) is 37.1 Å². The lowest BCUT2D eigenvalue weighted by Crippen LogP contribution is -2.11. The minimum atomic E-state index is -0.583. The summed E-state index contributed by atoms with van der Waals surface area (Å²) >= 11 is 0. The maximum atomic E-state index is 11.9. The molecule has 0 unspecified atom stereocenters. The fourth-order valence-corrected chi connectivity index (χ4v) is 2.42. The summed E-state index contributed by atoms with van der Waals surface area (Å²) in [6.07, 6.45) is 2.34. The van der Waals surface area contributed by atoms with Crippen LogP contribution in [-0.4, -0.2) is 42.7 Å². The number of esters is 2. The molecule has 0 aliphatic carbocycles. The van der Waals surface area contributed by atoms with Crippen LogP contribution >= 0.6 is 0 Å². The summed E-state index contributed by atoms with van der Waals surface area (Å²) in [5.41, 5.74) is 7.30. The molecule has 0 aliphatic heterocycles. The number of aromatic nitrogens is 2. The van der Waals surface area contributed by atoms with Gasteiger partial charge in [0.05, 0.1) is 25.3 Å². The molecule has 0 saturated heterocycles.